The molecule has 0 aromatic heterocycles. The molecule has 0 aliphatic rings. The summed E-state index contributed by atoms with van der Waals surface area (Å²) in [6.45, 7) is 11.0. The van der Waals surface area contributed by atoms with Gasteiger partial charge in [0, 0.05) is 17.5 Å². The summed E-state index contributed by atoms with van der Waals surface area (Å²) in [5.41, 5.74) is 6.21. The van der Waals surface area contributed by atoms with Gasteiger partial charge < -0.3 is 0 Å². The lowest BCUT2D eigenvalue weighted by molar-refractivity contribution is 0.582. The summed E-state index contributed by atoms with van der Waals surface area (Å²) < 4.78 is 0. The van der Waals surface area contributed by atoms with E-state index in [2.05, 4.69) is 83.1 Å². The Hall–Kier alpha value is -1.89. The van der Waals surface area contributed by atoms with Crippen molar-refractivity contribution in [3.05, 3.63) is 65.2 Å². The highest BCUT2D eigenvalue weighted by molar-refractivity contribution is 5.93. The smallest absolute Gasteiger partial charge is 0.0687 e. The monoisotopic (exact) mass is 279 g/mol. The molecule has 110 valence electrons. The Bertz CT molecular complexity index is 610. The molecule has 0 fully saturated rings. The molecule has 0 spiro atoms. The Morgan fingerprint density at radius 2 is 1.43 bits per heavy atom. The van der Waals surface area contributed by atoms with Gasteiger partial charge in [-0.25, -0.2) is 0 Å². The van der Waals surface area contributed by atoms with Gasteiger partial charge >= 0.3 is 0 Å². The number of benzene rings is 2. The van der Waals surface area contributed by atoms with Crippen LogP contribution in [0.2, 0.25) is 0 Å². The predicted octanol–water partition coefficient (Wildman–Crippen LogP) is 5.66. The van der Waals surface area contributed by atoms with Crippen molar-refractivity contribution < 1.29 is 0 Å². The lowest BCUT2D eigenvalue weighted by Crippen LogP contribution is -2.22. The number of aliphatic imine (C=N–C) groups is 1. The number of para-hydroxylation sites is 1. The molecule has 0 radical (unpaired) electrons. The number of nitrogens with zero attached hydrogens (tertiary/aromatic N) is 1. The number of rotatable bonds is 3. The van der Waals surface area contributed by atoms with Gasteiger partial charge in [-0.1, -0.05) is 69.3 Å². The summed E-state index contributed by atoms with van der Waals surface area (Å²) in [5.74, 6) is 0. The maximum atomic E-state index is 5.04. The first-order valence-electron chi connectivity index (χ1n) is 7.56. The van der Waals surface area contributed by atoms with Crippen LogP contribution in [0.3, 0.4) is 0 Å². The van der Waals surface area contributed by atoms with Gasteiger partial charge in [-0.2, -0.15) is 0 Å². The quantitative estimate of drug-likeness (QED) is 0.642. The molecular formula is C20H25N. The van der Waals surface area contributed by atoms with Gasteiger partial charge in [0.2, 0.25) is 0 Å². The number of aryl methyl sites for hydroxylation is 2. The van der Waals surface area contributed by atoms with E-state index in [1.165, 1.54) is 22.4 Å². The van der Waals surface area contributed by atoms with E-state index in [0.717, 1.165) is 12.1 Å². The first-order chi connectivity index (χ1) is 9.88. The van der Waals surface area contributed by atoms with E-state index in [1.54, 1.807) is 0 Å². The van der Waals surface area contributed by atoms with Crippen LogP contribution in [0.25, 0.3) is 0 Å². The zero-order valence-electron chi connectivity index (χ0n) is 13.8. The molecule has 2 rings (SSSR count). The fourth-order valence-electron chi connectivity index (χ4n) is 2.38. The van der Waals surface area contributed by atoms with Crippen molar-refractivity contribution in [1.29, 1.82) is 0 Å². The fourth-order valence-corrected chi connectivity index (χ4v) is 2.38. The summed E-state index contributed by atoms with van der Waals surface area (Å²) >= 11 is 0. The Balaban J connectivity index is 2.44. The summed E-state index contributed by atoms with van der Waals surface area (Å²) in [4.78, 5) is 5.04. The van der Waals surface area contributed by atoms with E-state index >= 15 is 0 Å². The number of hydrogen-bond donors (Lipinski definition) is 0. The predicted molar refractivity (Wildman–Crippen MR) is 92.6 cm³/mol. The van der Waals surface area contributed by atoms with Crippen molar-refractivity contribution in [2.45, 2.75) is 41.0 Å². The minimum atomic E-state index is 0.0601. The third-order valence-electron chi connectivity index (χ3n) is 3.77. The molecule has 0 aliphatic heterocycles. The Morgan fingerprint density at radius 1 is 0.857 bits per heavy atom. The Kier molecular flexibility index (Phi) is 4.62. The molecule has 0 bridgehead atoms. The van der Waals surface area contributed by atoms with E-state index in [9.17, 15) is 0 Å². The van der Waals surface area contributed by atoms with Gasteiger partial charge in [-0.05, 0) is 30.5 Å². The number of hydrogen-bond acceptors (Lipinski definition) is 1. The second kappa shape index (κ2) is 6.26. The summed E-state index contributed by atoms with van der Waals surface area (Å²) in [6.07, 6.45) is 0.901. The van der Waals surface area contributed by atoms with Gasteiger partial charge in [0.1, 0.15) is 0 Å². The van der Waals surface area contributed by atoms with Crippen molar-refractivity contribution in [2.75, 3.05) is 0 Å². The van der Waals surface area contributed by atoms with Crippen LogP contribution in [-0.4, -0.2) is 5.71 Å². The van der Waals surface area contributed by atoms with Crippen LogP contribution in [0.15, 0.2) is 53.5 Å². The minimum absolute atomic E-state index is 0.0601. The standard InChI is InChI=1S/C20H25N/c1-15-10-9-11-16(2)19(15)21-18(20(3,4)5)14-17-12-7-6-8-13-17/h6-13H,14H2,1-5H3. The van der Waals surface area contributed by atoms with Crippen LogP contribution in [0.5, 0.6) is 0 Å². The SMILES string of the molecule is Cc1cccc(C)c1N=C(Cc1ccccc1)C(C)(C)C. The molecular weight excluding hydrogens is 254 g/mol. The third-order valence-corrected chi connectivity index (χ3v) is 3.77. The van der Waals surface area contributed by atoms with E-state index in [4.69, 9.17) is 4.99 Å². The van der Waals surface area contributed by atoms with Crippen LogP contribution >= 0.6 is 0 Å². The molecule has 1 nitrogen and oxygen atoms in total. The average molecular weight is 279 g/mol. The molecule has 0 heterocycles. The summed E-state index contributed by atoms with van der Waals surface area (Å²) in [5, 5.41) is 0. The summed E-state index contributed by atoms with van der Waals surface area (Å²) in [6, 6.07) is 16.9. The second-order valence-electron chi connectivity index (χ2n) is 6.71. The largest absolute Gasteiger partial charge is 0.256 e. The zero-order valence-corrected chi connectivity index (χ0v) is 13.8. The highest BCUT2D eigenvalue weighted by Crippen LogP contribution is 2.28. The fraction of sp³-hybridized carbons (Fsp3) is 0.350. The van der Waals surface area contributed by atoms with Gasteiger partial charge in [-0.15, -0.1) is 0 Å². The molecule has 0 atom stereocenters. The molecule has 21 heavy (non-hydrogen) atoms. The lowest BCUT2D eigenvalue weighted by atomic mass is 9.86. The maximum absolute atomic E-state index is 5.04. The minimum Gasteiger partial charge on any atom is -0.256 e. The van der Waals surface area contributed by atoms with Crippen LogP contribution in [0.4, 0.5) is 5.69 Å². The van der Waals surface area contributed by atoms with E-state index < -0.39 is 0 Å². The van der Waals surface area contributed by atoms with Crippen LogP contribution < -0.4 is 0 Å². The van der Waals surface area contributed by atoms with Crippen molar-refractivity contribution >= 4 is 11.4 Å². The molecule has 0 unspecified atom stereocenters. The Morgan fingerprint density at radius 3 is 1.95 bits per heavy atom. The van der Waals surface area contributed by atoms with Gasteiger partial charge in [0.15, 0.2) is 0 Å². The molecule has 0 aliphatic carbocycles. The zero-order chi connectivity index (χ0) is 15.5. The first-order valence-corrected chi connectivity index (χ1v) is 7.56. The second-order valence-corrected chi connectivity index (χ2v) is 6.71. The van der Waals surface area contributed by atoms with E-state index in [-0.39, 0.29) is 5.41 Å². The molecule has 0 N–H and O–H groups in total. The molecule has 0 saturated heterocycles. The molecule has 1 heteroatoms. The van der Waals surface area contributed by atoms with Crippen LogP contribution in [-0.2, 0) is 6.42 Å². The topological polar surface area (TPSA) is 12.4 Å². The normalized spacial score (nSPS) is 12.5. The molecule has 0 saturated carbocycles. The van der Waals surface area contributed by atoms with Crippen molar-refractivity contribution in [1.82, 2.24) is 0 Å². The van der Waals surface area contributed by atoms with Crippen molar-refractivity contribution in [3.63, 3.8) is 0 Å². The van der Waals surface area contributed by atoms with E-state index in [0.29, 0.717) is 0 Å². The van der Waals surface area contributed by atoms with Crippen LogP contribution in [0, 0.1) is 19.3 Å². The van der Waals surface area contributed by atoms with Crippen molar-refractivity contribution in [2.24, 2.45) is 10.4 Å². The summed E-state index contributed by atoms with van der Waals surface area (Å²) in [7, 11) is 0. The van der Waals surface area contributed by atoms with Crippen molar-refractivity contribution in [3.8, 4) is 0 Å². The highest BCUT2D eigenvalue weighted by atomic mass is 14.8. The van der Waals surface area contributed by atoms with Gasteiger partial charge in [0.05, 0.1) is 5.69 Å². The van der Waals surface area contributed by atoms with E-state index in [1.807, 2.05) is 0 Å². The third kappa shape index (κ3) is 4.04. The van der Waals surface area contributed by atoms with Gasteiger partial charge in [-0.3, -0.25) is 4.99 Å². The van der Waals surface area contributed by atoms with Gasteiger partial charge in [0.25, 0.3) is 0 Å². The average Bonchev–Trinajstić information content (AvgIpc) is 2.42. The Labute approximate surface area is 128 Å². The lowest BCUT2D eigenvalue weighted by Gasteiger charge is -2.23. The first kappa shape index (κ1) is 15.5. The molecule has 0 amide bonds. The maximum Gasteiger partial charge on any atom is 0.0687 e. The molecule has 2 aromatic carbocycles. The van der Waals surface area contributed by atoms with Crippen LogP contribution in [0.1, 0.15) is 37.5 Å². The highest BCUT2D eigenvalue weighted by Gasteiger charge is 2.20. The molecule has 2 aromatic rings.